The fourth-order valence-electron chi connectivity index (χ4n) is 1.63. The topological polar surface area (TPSA) is 75.4 Å². The summed E-state index contributed by atoms with van der Waals surface area (Å²) in [5.74, 6) is -0.231. The average Bonchev–Trinajstić information content (AvgIpc) is 2.54. The predicted octanol–water partition coefficient (Wildman–Crippen LogP) is 0.590. The third kappa shape index (κ3) is 1.65. The summed E-state index contributed by atoms with van der Waals surface area (Å²) in [5, 5.41) is 2.56. The Balaban J connectivity index is 2.30. The summed E-state index contributed by atoms with van der Waals surface area (Å²) in [6.07, 6.45) is 0. The van der Waals surface area contributed by atoms with Crippen LogP contribution in [0.15, 0.2) is 24.3 Å². The number of benzene rings is 1. The van der Waals surface area contributed by atoms with E-state index in [1.807, 2.05) is 0 Å². The molecule has 16 heavy (non-hydrogen) atoms. The van der Waals surface area contributed by atoms with Crippen molar-refractivity contribution < 1.29 is 9.59 Å². The Kier molecular flexibility index (Phi) is 2.62. The Morgan fingerprint density at radius 3 is 2.38 bits per heavy atom. The van der Waals surface area contributed by atoms with Gasteiger partial charge in [-0.2, -0.15) is 0 Å². The summed E-state index contributed by atoms with van der Waals surface area (Å²) in [6, 6.07) is 6.22. The van der Waals surface area contributed by atoms with Gasteiger partial charge in [-0.05, 0) is 24.6 Å². The van der Waals surface area contributed by atoms with Gasteiger partial charge in [-0.25, -0.2) is 9.69 Å². The van der Waals surface area contributed by atoms with Crippen LogP contribution in [0.5, 0.6) is 0 Å². The molecule has 1 fully saturated rings. The Labute approximate surface area is 93.2 Å². The molecule has 2 rings (SSSR count). The smallest absolute Gasteiger partial charge is 0.326 e. The largest absolute Gasteiger partial charge is 0.329 e. The summed E-state index contributed by atoms with van der Waals surface area (Å²) in [5.41, 5.74) is 7.01. The van der Waals surface area contributed by atoms with Crippen LogP contribution in [0.1, 0.15) is 12.5 Å². The maximum Gasteiger partial charge on any atom is 0.329 e. The van der Waals surface area contributed by atoms with Crippen LogP contribution in [0.2, 0.25) is 0 Å². The quantitative estimate of drug-likeness (QED) is 0.715. The summed E-state index contributed by atoms with van der Waals surface area (Å²) in [7, 11) is 0. The van der Waals surface area contributed by atoms with E-state index >= 15 is 0 Å². The predicted molar refractivity (Wildman–Crippen MR) is 59.8 cm³/mol. The first kappa shape index (κ1) is 10.6. The molecule has 3 amide bonds. The summed E-state index contributed by atoms with van der Waals surface area (Å²) in [6.45, 7) is 2.10. The lowest BCUT2D eigenvalue weighted by Gasteiger charge is -2.12. The standard InChI is InChI=1S/C11H13N3O2/c1-7-10(15)14(11(16)13-7)9-4-2-8(6-12)3-5-9/h2-5,7H,6,12H2,1H3,(H,13,16). The second-order valence-corrected chi connectivity index (χ2v) is 3.72. The maximum atomic E-state index is 11.7. The first-order valence-corrected chi connectivity index (χ1v) is 5.07. The lowest BCUT2D eigenvalue weighted by atomic mass is 10.2. The number of hydrogen-bond donors (Lipinski definition) is 2. The van der Waals surface area contributed by atoms with Crippen molar-refractivity contribution in [1.29, 1.82) is 0 Å². The molecule has 5 nitrogen and oxygen atoms in total. The molecule has 1 aromatic carbocycles. The van der Waals surface area contributed by atoms with Crippen molar-refractivity contribution in [3.63, 3.8) is 0 Å². The van der Waals surface area contributed by atoms with Crippen LogP contribution in [0.25, 0.3) is 0 Å². The molecule has 0 bridgehead atoms. The normalized spacial score (nSPS) is 20.1. The van der Waals surface area contributed by atoms with E-state index in [4.69, 9.17) is 5.73 Å². The molecule has 84 valence electrons. The van der Waals surface area contributed by atoms with Crippen molar-refractivity contribution in [2.75, 3.05) is 4.90 Å². The number of rotatable bonds is 2. The van der Waals surface area contributed by atoms with E-state index in [9.17, 15) is 9.59 Å². The van der Waals surface area contributed by atoms with Crippen LogP contribution in [-0.4, -0.2) is 18.0 Å². The van der Waals surface area contributed by atoms with Crippen molar-refractivity contribution in [2.45, 2.75) is 19.5 Å². The minimum Gasteiger partial charge on any atom is -0.326 e. The number of amides is 3. The van der Waals surface area contributed by atoms with E-state index in [0.717, 1.165) is 10.5 Å². The highest BCUT2D eigenvalue weighted by Crippen LogP contribution is 2.19. The Hall–Kier alpha value is -1.88. The van der Waals surface area contributed by atoms with Gasteiger partial charge in [-0.3, -0.25) is 4.79 Å². The van der Waals surface area contributed by atoms with Gasteiger partial charge in [0.05, 0.1) is 5.69 Å². The monoisotopic (exact) mass is 219 g/mol. The Morgan fingerprint density at radius 1 is 1.31 bits per heavy atom. The summed E-state index contributed by atoms with van der Waals surface area (Å²) < 4.78 is 0. The number of nitrogens with one attached hydrogen (secondary N) is 1. The van der Waals surface area contributed by atoms with Gasteiger partial charge in [0.15, 0.2) is 0 Å². The number of imide groups is 1. The highest BCUT2D eigenvalue weighted by molar-refractivity contribution is 6.21. The maximum absolute atomic E-state index is 11.7. The van der Waals surface area contributed by atoms with Crippen LogP contribution in [0.4, 0.5) is 10.5 Å². The number of nitrogens with two attached hydrogens (primary N) is 1. The minimum atomic E-state index is -0.457. The highest BCUT2D eigenvalue weighted by Gasteiger charge is 2.35. The number of hydrogen-bond acceptors (Lipinski definition) is 3. The number of carbonyl (C=O) groups excluding carboxylic acids is 2. The Morgan fingerprint density at radius 2 is 1.94 bits per heavy atom. The molecule has 1 aliphatic rings. The third-order valence-electron chi connectivity index (χ3n) is 2.56. The molecule has 1 aromatic rings. The average molecular weight is 219 g/mol. The molecule has 3 N–H and O–H groups in total. The SMILES string of the molecule is CC1NC(=O)N(c2ccc(CN)cc2)C1=O. The van der Waals surface area contributed by atoms with Crippen molar-refractivity contribution in [1.82, 2.24) is 5.32 Å². The van der Waals surface area contributed by atoms with Crippen LogP contribution in [-0.2, 0) is 11.3 Å². The lowest BCUT2D eigenvalue weighted by Crippen LogP contribution is -2.30. The minimum absolute atomic E-state index is 0.231. The van der Waals surface area contributed by atoms with Gasteiger partial charge < -0.3 is 11.1 Å². The van der Waals surface area contributed by atoms with Crippen LogP contribution < -0.4 is 16.0 Å². The van der Waals surface area contributed by atoms with Gasteiger partial charge in [0, 0.05) is 6.54 Å². The van der Waals surface area contributed by atoms with Gasteiger partial charge in [0.25, 0.3) is 5.91 Å². The highest BCUT2D eigenvalue weighted by atomic mass is 16.2. The van der Waals surface area contributed by atoms with Crippen molar-refractivity contribution in [3.05, 3.63) is 29.8 Å². The van der Waals surface area contributed by atoms with Crippen LogP contribution in [0, 0.1) is 0 Å². The van der Waals surface area contributed by atoms with Gasteiger partial charge in [-0.15, -0.1) is 0 Å². The number of nitrogens with zero attached hydrogens (tertiary/aromatic N) is 1. The van der Waals surface area contributed by atoms with E-state index < -0.39 is 6.04 Å². The van der Waals surface area contributed by atoms with Crippen molar-refractivity contribution in [2.24, 2.45) is 5.73 Å². The zero-order valence-corrected chi connectivity index (χ0v) is 8.93. The third-order valence-corrected chi connectivity index (χ3v) is 2.56. The fourth-order valence-corrected chi connectivity index (χ4v) is 1.63. The van der Waals surface area contributed by atoms with Gasteiger partial charge in [0.2, 0.25) is 0 Å². The molecule has 0 spiro atoms. The zero-order chi connectivity index (χ0) is 11.7. The molecule has 1 heterocycles. The van der Waals surface area contributed by atoms with Gasteiger partial charge in [0.1, 0.15) is 6.04 Å². The van der Waals surface area contributed by atoms with E-state index in [2.05, 4.69) is 5.32 Å². The van der Waals surface area contributed by atoms with Crippen molar-refractivity contribution in [3.8, 4) is 0 Å². The molecule has 1 saturated heterocycles. The molecule has 1 atom stereocenters. The fraction of sp³-hybridized carbons (Fsp3) is 0.273. The van der Waals surface area contributed by atoms with E-state index in [1.165, 1.54) is 0 Å². The van der Waals surface area contributed by atoms with E-state index in [0.29, 0.717) is 12.2 Å². The second-order valence-electron chi connectivity index (χ2n) is 3.72. The van der Waals surface area contributed by atoms with Gasteiger partial charge in [-0.1, -0.05) is 12.1 Å². The van der Waals surface area contributed by atoms with E-state index in [1.54, 1.807) is 31.2 Å². The molecule has 1 unspecified atom stereocenters. The first-order chi connectivity index (χ1) is 7.63. The second kappa shape index (κ2) is 3.94. The molecule has 5 heteroatoms. The van der Waals surface area contributed by atoms with E-state index in [-0.39, 0.29) is 11.9 Å². The Bertz CT molecular complexity index is 427. The first-order valence-electron chi connectivity index (χ1n) is 5.07. The number of urea groups is 1. The van der Waals surface area contributed by atoms with Crippen LogP contribution >= 0.6 is 0 Å². The molecule has 0 saturated carbocycles. The number of carbonyl (C=O) groups is 2. The molecule has 0 aliphatic carbocycles. The molecule has 0 aromatic heterocycles. The molecular formula is C11H13N3O2. The summed E-state index contributed by atoms with van der Waals surface area (Å²) in [4.78, 5) is 24.4. The molecule has 1 aliphatic heterocycles. The zero-order valence-electron chi connectivity index (χ0n) is 8.93. The summed E-state index contributed by atoms with van der Waals surface area (Å²) >= 11 is 0. The molecular weight excluding hydrogens is 206 g/mol. The number of anilines is 1. The lowest BCUT2D eigenvalue weighted by molar-refractivity contribution is -0.117. The van der Waals surface area contributed by atoms with Crippen LogP contribution in [0.3, 0.4) is 0 Å². The van der Waals surface area contributed by atoms with Gasteiger partial charge >= 0.3 is 6.03 Å². The molecule has 0 radical (unpaired) electrons. The van der Waals surface area contributed by atoms with Crippen molar-refractivity contribution >= 4 is 17.6 Å².